The fourth-order valence-electron chi connectivity index (χ4n) is 2.75. The van der Waals surface area contributed by atoms with Gasteiger partial charge >= 0.3 is 0 Å². The minimum Gasteiger partial charge on any atom is -0.384 e. The number of amides is 1. The van der Waals surface area contributed by atoms with Crippen LogP contribution in [0, 0.1) is 0 Å². The van der Waals surface area contributed by atoms with Gasteiger partial charge in [0.2, 0.25) is 0 Å². The zero-order valence-electron chi connectivity index (χ0n) is 13.6. The summed E-state index contributed by atoms with van der Waals surface area (Å²) in [5.74, 6) is 0.481. The molecule has 3 aromatic rings. The molecule has 1 aliphatic heterocycles. The van der Waals surface area contributed by atoms with Gasteiger partial charge in [-0.25, -0.2) is 0 Å². The normalized spacial score (nSPS) is 13.1. The Labute approximate surface area is 159 Å². The number of benzene rings is 2. The van der Waals surface area contributed by atoms with Crippen molar-refractivity contribution in [2.45, 2.75) is 0 Å². The van der Waals surface area contributed by atoms with Gasteiger partial charge in [-0.1, -0.05) is 17.7 Å². The van der Waals surface area contributed by atoms with E-state index in [1.807, 2.05) is 40.6 Å². The van der Waals surface area contributed by atoms with Gasteiger partial charge in [0.1, 0.15) is 17.2 Å². The average molecular weight is 383 g/mol. The molecule has 0 fully saturated rings. The molecule has 0 spiro atoms. The molecule has 0 aliphatic carbocycles. The van der Waals surface area contributed by atoms with Gasteiger partial charge in [0, 0.05) is 22.0 Å². The van der Waals surface area contributed by atoms with Gasteiger partial charge in [-0.15, -0.1) is 11.3 Å². The number of carbonyl (C=O) groups excluding carboxylic acids is 1. The van der Waals surface area contributed by atoms with Gasteiger partial charge in [0.15, 0.2) is 0 Å². The van der Waals surface area contributed by atoms with Gasteiger partial charge in [-0.3, -0.25) is 9.79 Å². The summed E-state index contributed by atoms with van der Waals surface area (Å²) >= 11 is 7.52. The minimum absolute atomic E-state index is 0.206. The number of carbonyl (C=O) groups is 1. The number of nitrogens with one attached hydrogen (secondary N) is 1. The highest BCUT2D eigenvalue weighted by atomic mass is 35.5. The number of hydrogen-bond acceptors (Lipinski definition) is 5. The molecule has 1 amide bonds. The van der Waals surface area contributed by atoms with E-state index in [2.05, 4.69) is 10.3 Å². The lowest BCUT2D eigenvalue weighted by Gasteiger charge is -2.24. The van der Waals surface area contributed by atoms with Crippen molar-refractivity contribution in [2.24, 2.45) is 10.7 Å². The molecule has 2 heterocycles. The number of nitrogens with zero attached hydrogens (tertiary/aromatic N) is 2. The maximum absolute atomic E-state index is 12.3. The first-order valence-electron chi connectivity index (χ1n) is 7.94. The van der Waals surface area contributed by atoms with Gasteiger partial charge in [-0.2, -0.15) is 0 Å². The van der Waals surface area contributed by atoms with Crippen molar-refractivity contribution < 1.29 is 4.79 Å². The maximum Gasteiger partial charge on any atom is 0.255 e. The second kappa shape index (κ2) is 6.82. The van der Waals surface area contributed by atoms with E-state index in [1.165, 1.54) is 0 Å². The summed E-state index contributed by atoms with van der Waals surface area (Å²) in [6.45, 7) is 0.480. The van der Waals surface area contributed by atoms with Crippen LogP contribution < -0.4 is 25.8 Å². The topological polar surface area (TPSA) is 70.7 Å². The molecule has 2 aromatic carbocycles. The number of rotatable bonds is 3. The molecule has 7 heteroatoms. The number of thiophene rings is 1. The van der Waals surface area contributed by atoms with Crippen molar-refractivity contribution in [1.82, 2.24) is 0 Å². The largest absolute Gasteiger partial charge is 0.384 e. The molecule has 5 nitrogen and oxygen atoms in total. The molecule has 0 unspecified atom stereocenters. The van der Waals surface area contributed by atoms with E-state index >= 15 is 0 Å². The molecular weight excluding hydrogens is 368 g/mol. The third kappa shape index (κ3) is 3.16. The van der Waals surface area contributed by atoms with Crippen molar-refractivity contribution in [1.29, 1.82) is 0 Å². The Kier molecular flexibility index (Phi) is 4.36. The summed E-state index contributed by atoms with van der Waals surface area (Å²) in [6.07, 6.45) is 0. The second-order valence-electron chi connectivity index (χ2n) is 5.76. The van der Waals surface area contributed by atoms with E-state index in [0.29, 0.717) is 28.8 Å². The van der Waals surface area contributed by atoms with Crippen LogP contribution in [0.4, 0.5) is 11.4 Å². The number of hydrogen-bond donors (Lipinski definition) is 2. The molecule has 1 aliphatic rings. The molecule has 26 heavy (non-hydrogen) atoms. The molecule has 1 aromatic heterocycles. The highest BCUT2D eigenvalue weighted by Crippen LogP contribution is 2.21. The summed E-state index contributed by atoms with van der Waals surface area (Å²) < 4.78 is 0.962. The van der Waals surface area contributed by atoms with Crippen molar-refractivity contribution in [3.05, 3.63) is 80.5 Å². The highest BCUT2D eigenvalue weighted by Gasteiger charge is 2.14. The number of fused-ring (bicyclic) bond motifs is 1. The van der Waals surface area contributed by atoms with Crippen LogP contribution in [0.15, 0.2) is 65.0 Å². The standard InChI is InChI=1S/C19H15ClN4OS/c20-13-3-1-2-12(10-13)18(25)23-14-4-6-15(7-5-14)24-11-22-19-16(17(24)21)8-9-26-19/h1-10H,11,21H2,(H,23,25). The van der Waals surface area contributed by atoms with Crippen molar-refractivity contribution in [2.75, 3.05) is 16.9 Å². The Morgan fingerprint density at radius 3 is 2.77 bits per heavy atom. The molecule has 0 atom stereocenters. The number of nitrogens with two attached hydrogens (primary N) is 1. The lowest BCUT2D eigenvalue weighted by Crippen LogP contribution is -2.41. The van der Waals surface area contributed by atoms with Gasteiger partial charge < -0.3 is 16.0 Å². The molecule has 3 N–H and O–H groups in total. The molecule has 130 valence electrons. The van der Waals surface area contributed by atoms with Crippen LogP contribution in [0.25, 0.3) is 5.82 Å². The molecule has 0 radical (unpaired) electrons. The molecular formula is C19H15ClN4OS. The van der Waals surface area contributed by atoms with Crippen LogP contribution in [-0.2, 0) is 0 Å². The number of halogens is 1. The SMILES string of the molecule is NC1=c2ccsc2=NCN1c1ccc(NC(=O)c2cccc(Cl)c2)cc1. The van der Waals surface area contributed by atoms with Crippen LogP contribution >= 0.6 is 22.9 Å². The molecule has 4 rings (SSSR count). The minimum atomic E-state index is -0.206. The third-order valence-electron chi connectivity index (χ3n) is 4.09. The van der Waals surface area contributed by atoms with Crippen LogP contribution in [0.3, 0.4) is 0 Å². The lowest BCUT2D eigenvalue weighted by molar-refractivity contribution is 0.102. The Balaban J connectivity index is 1.53. The first kappa shape index (κ1) is 16.6. The Morgan fingerprint density at radius 1 is 1.19 bits per heavy atom. The van der Waals surface area contributed by atoms with E-state index in [-0.39, 0.29) is 5.91 Å². The van der Waals surface area contributed by atoms with E-state index in [4.69, 9.17) is 17.3 Å². The van der Waals surface area contributed by atoms with Crippen molar-refractivity contribution in [3.8, 4) is 0 Å². The zero-order chi connectivity index (χ0) is 18.1. The van der Waals surface area contributed by atoms with E-state index < -0.39 is 0 Å². The first-order chi connectivity index (χ1) is 12.6. The van der Waals surface area contributed by atoms with E-state index in [9.17, 15) is 4.79 Å². The Hall–Kier alpha value is -2.83. The Morgan fingerprint density at radius 2 is 2.00 bits per heavy atom. The maximum atomic E-state index is 12.3. The van der Waals surface area contributed by atoms with Crippen LogP contribution in [0.5, 0.6) is 0 Å². The number of anilines is 2. The quantitative estimate of drug-likeness (QED) is 0.731. The predicted octanol–water partition coefficient (Wildman–Crippen LogP) is 2.78. The third-order valence-corrected chi connectivity index (χ3v) is 5.17. The van der Waals surface area contributed by atoms with Crippen LogP contribution in [-0.4, -0.2) is 12.6 Å². The van der Waals surface area contributed by atoms with Crippen LogP contribution in [0.2, 0.25) is 5.02 Å². The average Bonchev–Trinajstić information content (AvgIpc) is 3.13. The zero-order valence-corrected chi connectivity index (χ0v) is 15.2. The first-order valence-corrected chi connectivity index (χ1v) is 9.20. The molecule has 0 bridgehead atoms. The lowest BCUT2D eigenvalue weighted by atomic mass is 10.2. The smallest absolute Gasteiger partial charge is 0.255 e. The highest BCUT2D eigenvalue weighted by molar-refractivity contribution is 7.07. The summed E-state index contributed by atoms with van der Waals surface area (Å²) in [7, 11) is 0. The van der Waals surface area contributed by atoms with Gasteiger partial charge in [0.25, 0.3) is 5.91 Å². The summed E-state index contributed by atoms with van der Waals surface area (Å²) in [6, 6.07) is 16.3. The fourth-order valence-corrected chi connectivity index (χ4v) is 3.71. The second-order valence-corrected chi connectivity index (χ2v) is 7.09. The van der Waals surface area contributed by atoms with Crippen molar-refractivity contribution >= 4 is 46.0 Å². The van der Waals surface area contributed by atoms with E-state index in [1.54, 1.807) is 35.6 Å². The van der Waals surface area contributed by atoms with Crippen LogP contribution in [0.1, 0.15) is 10.4 Å². The fraction of sp³-hybridized carbons (Fsp3) is 0.0526. The predicted molar refractivity (Wildman–Crippen MR) is 106 cm³/mol. The molecule has 0 saturated carbocycles. The van der Waals surface area contributed by atoms with Gasteiger partial charge in [0.05, 0.1) is 5.22 Å². The summed E-state index contributed by atoms with van der Waals surface area (Å²) in [5, 5.41) is 6.33. The summed E-state index contributed by atoms with van der Waals surface area (Å²) in [4.78, 5) is 18.8. The Bertz CT molecular complexity index is 1090. The van der Waals surface area contributed by atoms with E-state index in [0.717, 1.165) is 15.6 Å². The van der Waals surface area contributed by atoms with Crippen molar-refractivity contribution in [3.63, 3.8) is 0 Å². The van der Waals surface area contributed by atoms with Gasteiger partial charge in [-0.05, 0) is 53.9 Å². The summed E-state index contributed by atoms with van der Waals surface area (Å²) in [5.41, 5.74) is 8.41. The monoisotopic (exact) mass is 382 g/mol. The molecule has 0 saturated heterocycles.